The molecule has 86 valence electrons. The molecular weight excluding hydrogens is 384 g/mol. The van der Waals surface area contributed by atoms with E-state index in [2.05, 4.69) is 55.8 Å². The maximum atomic E-state index is 2.94. The summed E-state index contributed by atoms with van der Waals surface area (Å²) in [7, 11) is 2.44. The molecule has 0 saturated carbocycles. The molecule has 0 aliphatic rings. The summed E-state index contributed by atoms with van der Waals surface area (Å²) in [4.78, 5) is 10.4. The SMILES string of the molecule is C[CH](C)[Sn]([CH3])([CH3])[N](C)[Sn]([CH3])([CH3])[CH](C)C. The van der Waals surface area contributed by atoms with Crippen LogP contribution in [0.15, 0.2) is 0 Å². The summed E-state index contributed by atoms with van der Waals surface area (Å²) in [5.41, 5.74) is 0. The average molecular weight is 413 g/mol. The minimum absolute atomic E-state index is 0.934. The molecule has 0 bridgehead atoms. The Hall–Kier alpha value is 1.56. The van der Waals surface area contributed by atoms with Crippen LogP contribution in [0.5, 0.6) is 0 Å². The molecule has 3 heteroatoms. The third-order valence-electron chi connectivity index (χ3n) is 4.55. The average Bonchev–Trinajstić information content (AvgIpc) is 2.02. The van der Waals surface area contributed by atoms with E-state index in [0.717, 1.165) is 7.87 Å². The van der Waals surface area contributed by atoms with Gasteiger partial charge in [0.1, 0.15) is 0 Å². The normalized spacial score (nSPS) is 14.6. The van der Waals surface area contributed by atoms with E-state index in [1.54, 1.807) is 0 Å². The van der Waals surface area contributed by atoms with E-state index in [1.807, 2.05) is 0 Å². The van der Waals surface area contributed by atoms with Gasteiger partial charge in [-0.05, 0) is 0 Å². The molecule has 0 rings (SSSR count). The second-order valence-electron chi connectivity index (χ2n) is 6.18. The summed E-state index contributed by atoms with van der Waals surface area (Å²) in [6, 6.07) is 0. The molecule has 0 spiro atoms. The molecule has 0 aliphatic carbocycles. The zero-order chi connectivity index (χ0) is 11.7. The molecule has 0 aliphatic heterocycles. The third-order valence-corrected chi connectivity index (χ3v) is 52.6. The Labute approximate surface area is 100 Å². The standard InChI is InChI=1S/2C3H7.CH3N.4CH3.2Sn/c2*1-3-2;1-2;;;;;;/h2*3H,1-2H3;1H3;4*1H3;;. The van der Waals surface area contributed by atoms with Gasteiger partial charge in [-0.15, -0.1) is 0 Å². The van der Waals surface area contributed by atoms with Crippen molar-refractivity contribution in [1.29, 1.82) is 0 Å². The minimum atomic E-state index is -1.93. The summed E-state index contributed by atoms with van der Waals surface area (Å²) in [5, 5.41) is 0. The van der Waals surface area contributed by atoms with Crippen LogP contribution in [-0.2, 0) is 0 Å². The Morgan fingerprint density at radius 2 is 0.929 bits per heavy atom. The van der Waals surface area contributed by atoms with Crippen LogP contribution in [0.2, 0.25) is 27.6 Å². The van der Waals surface area contributed by atoms with E-state index < -0.39 is 37.3 Å². The summed E-state index contributed by atoms with van der Waals surface area (Å²) in [6.07, 6.45) is 0. The molecule has 0 heterocycles. The van der Waals surface area contributed by atoms with Crippen molar-refractivity contribution in [2.24, 2.45) is 0 Å². The molecule has 0 aromatic heterocycles. The summed E-state index contributed by atoms with van der Waals surface area (Å²) >= 11 is -3.85. The fourth-order valence-corrected chi connectivity index (χ4v) is 48.5. The van der Waals surface area contributed by atoms with Gasteiger partial charge >= 0.3 is 101 Å². The van der Waals surface area contributed by atoms with Crippen LogP contribution in [0.4, 0.5) is 0 Å². The number of nitrogens with zero attached hydrogens (tertiary/aromatic N) is 1. The van der Waals surface area contributed by atoms with E-state index in [0.29, 0.717) is 0 Å². The summed E-state index contributed by atoms with van der Waals surface area (Å²) in [5.74, 6) is 0. The van der Waals surface area contributed by atoms with Crippen molar-refractivity contribution >= 4 is 37.3 Å². The predicted octanol–water partition coefficient (Wildman–Crippen LogP) is 4.15. The van der Waals surface area contributed by atoms with Crippen molar-refractivity contribution in [3.8, 4) is 0 Å². The van der Waals surface area contributed by atoms with Crippen LogP contribution in [0.25, 0.3) is 0 Å². The van der Waals surface area contributed by atoms with Crippen molar-refractivity contribution in [2.75, 3.05) is 7.05 Å². The van der Waals surface area contributed by atoms with Gasteiger partial charge in [-0.2, -0.15) is 0 Å². The molecule has 0 atom stereocenters. The molecule has 0 N–H and O–H groups in total. The van der Waals surface area contributed by atoms with Crippen LogP contribution in [0, 0.1) is 0 Å². The van der Waals surface area contributed by atoms with Crippen molar-refractivity contribution in [1.82, 2.24) is 1.34 Å². The zero-order valence-electron chi connectivity index (χ0n) is 11.6. The van der Waals surface area contributed by atoms with Gasteiger partial charge in [0, 0.05) is 0 Å². The first-order chi connectivity index (χ1) is 6.04. The van der Waals surface area contributed by atoms with Crippen molar-refractivity contribution in [3.05, 3.63) is 0 Å². The summed E-state index contributed by atoms with van der Waals surface area (Å²) < 4.78 is 4.81. The van der Waals surface area contributed by atoms with Gasteiger partial charge in [0.15, 0.2) is 0 Å². The fourth-order valence-electron chi connectivity index (χ4n) is 1.52. The molecule has 0 aromatic carbocycles. The van der Waals surface area contributed by atoms with Crippen molar-refractivity contribution in [3.63, 3.8) is 0 Å². The van der Waals surface area contributed by atoms with Crippen LogP contribution in [-0.4, -0.2) is 45.7 Å². The van der Waals surface area contributed by atoms with Gasteiger partial charge in [0.05, 0.1) is 0 Å². The van der Waals surface area contributed by atoms with Gasteiger partial charge in [-0.1, -0.05) is 0 Å². The molecule has 0 radical (unpaired) electrons. The van der Waals surface area contributed by atoms with Crippen LogP contribution in [0.3, 0.4) is 0 Å². The van der Waals surface area contributed by atoms with Gasteiger partial charge in [-0.3, -0.25) is 0 Å². The first kappa shape index (κ1) is 15.6. The number of hydrogen-bond donors (Lipinski definition) is 0. The van der Waals surface area contributed by atoms with E-state index >= 15 is 0 Å². The predicted molar refractivity (Wildman–Crippen MR) is 72.9 cm³/mol. The van der Waals surface area contributed by atoms with E-state index in [1.165, 1.54) is 0 Å². The molecular formula is C11H29NSn2. The Morgan fingerprint density at radius 1 is 0.714 bits per heavy atom. The Bertz CT molecular complexity index is 166. The summed E-state index contributed by atoms with van der Waals surface area (Å²) in [6.45, 7) is 9.70. The first-order valence-corrected chi connectivity index (χ1v) is 23.0. The zero-order valence-corrected chi connectivity index (χ0v) is 17.3. The van der Waals surface area contributed by atoms with E-state index in [-0.39, 0.29) is 0 Å². The molecule has 14 heavy (non-hydrogen) atoms. The van der Waals surface area contributed by atoms with Crippen LogP contribution in [0.1, 0.15) is 27.7 Å². The van der Waals surface area contributed by atoms with Crippen LogP contribution >= 0.6 is 0 Å². The Morgan fingerprint density at radius 3 is 1.07 bits per heavy atom. The van der Waals surface area contributed by atoms with Crippen LogP contribution < -0.4 is 0 Å². The Balaban J connectivity index is 4.85. The molecule has 0 saturated heterocycles. The quantitative estimate of drug-likeness (QED) is 0.627. The van der Waals surface area contributed by atoms with Gasteiger partial charge in [0.2, 0.25) is 0 Å². The maximum absolute atomic E-state index is 2.94. The van der Waals surface area contributed by atoms with Gasteiger partial charge in [0.25, 0.3) is 0 Å². The molecule has 0 aromatic rings. The first-order valence-electron chi connectivity index (χ1n) is 5.78. The monoisotopic (exact) mass is 415 g/mol. The molecule has 0 amide bonds. The van der Waals surface area contributed by atoms with E-state index in [4.69, 9.17) is 0 Å². The van der Waals surface area contributed by atoms with Gasteiger partial charge < -0.3 is 0 Å². The fraction of sp³-hybridized carbons (Fsp3) is 1.00. The second kappa shape index (κ2) is 5.26. The molecule has 0 unspecified atom stereocenters. The van der Waals surface area contributed by atoms with Crippen molar-refractivity contribution in [2.45, 2.75) is 55.3 Å². The second-order valence-corrected chi connectivity index (χ2v) is 39.1. The molecule has 0 fully saturated rings. The number of hydrogen-bond acceptors (Lipinski definition) is 1. The van der Waals surface area contributed by atoms with Crippen molar-refractivity contribution < 1.29 is 0 Å². The Kier molecular flexibility index (Phi) is 5.84. The van der Waals surface area contributed by atoms with Gasteiger partial charge in [-0.25, -0.2) is 0 Å². The third kappa shape index (κ3) is 3.27. The topological polar surface area (TPSA) is 3.24 Å². The molecule has 1 nitrogen and oxygen atoms in total. The van der Waals surface area contributed by atoms with E-state index in [9.17, 15) is 0 Å². The number of rotatable bonds is 4.